The van der Waals surface area contributed by atoms with Crippen LogP contribution in [0.3, 0.4) is 0 Å². The highest BCUT2D eigenvalue weighted by atomic mass is 79.9. The first-order valence-corrected chi connectivity index (χ1v) is 5.51. The van der Waals surface area contributed by atoms with Crippen LogP contribution in [0, 0.1) is 0 Å². The van der Waals surface area contributed by atoms with Gasteiger partial charge in [0, 0.05) is 18.9 Å². The highest BCUT2D eigenvalue weighted by Crippen LogP contribution is 2.36. The van der Waals surface area contributed by atoms with Crippen molar-refractivity contribution in [3.8, 4) is 0 Å². The molecule has 0 saturated heterocycles. The first-order chi connectivity index (χ1) is 6.70. The maximum absolute atomic E-state index is 13.6. The average molecular weight is 259 g/mol. The zero-order valence-electron chi connectivity index (χ0n) is 7.76. The fourth-order valence-electron chi connectivity index (χ4n) is 1.51. The molecule has 76 valence electrons. The van der Waals surface area contributed by atoms with Gasteiger partial charge >= 0.3 is 0 Å². The maximum Gasteiger partial charge on any atom is 0.128 e. The molecule has 0 unspecified atom stereocenters. The Hall–Kier alpha value is -0.640. The summed E-state index contributed by atoms with van der Waals surface area (Å²) in [7, 11) is 0. The van der Waals surface area contributed by atoms with Gasteiger partial charge in [-0.25, -0.2) is 4.39 Å². The molecule has 0 amide bonds. The molecule has 2 rings (SSSR count). The Kier molecular flexibility index (Phi) is 2.72. The second-order valence-electron chi connectivity index (χ2n) is 3.71. The zero-order valence-corrected chi connectivity index (χ0v) is 9.35. The molecule has 1 heterocycles. The fourth-order valence-corrected chi connectivity index (χ4v) is 1.90. The molecule has 0 aliphatic heterocycles. The predicted molar refractivity (Wildman–Crippen MR) is 58.1 cm³/mol. The van der Waals surface area contributed by atoms with Crippen LogP contribution in [0.5, 0.6) is 0 Å². The van der Waals surface area contributed by atoms with Gasteiger partial charge in [0.1, 0.15) is 5.67 Å². The topological polar surface area (TPSA) is 24.9 Å². The molecule has 2 nitrogen and oxygen atoms in total. The van der Waals surface area contributed by atoms with E-state index in [4.69, 9.17) is 0 Å². The number of anilines is 1. The van der Waals surface area contributed by atoms with Crippen molar-refractivity contribution in [1.29, 1.82) is 0 Å². The van der Waals surface area contributed by atoms with Crippen LogP contribution in [-0.2, 0) is 0 Å². The molecule has 1 aliphatic rings. The number of nitrogens with zero attached hydrogens (tertiary/aromatic N) is 1. The van der Waals surface area contributed by atoms with E-state index in [1.807, 2.05) is 6.07 Å². The van der Waals surface area contributed by atoms with Crippen LogP contribution < -0.4 is 5.32 Å². The number of pyridine rings is 1. The highest BCUT2D eigenvalue weighted by Gasteiger charge is 2.36. The molecular formula is C10H12BrFN2. The van der Waals surface area contributed by atoms with E-state index in [9.17, 15) is 4.39 Å². The summed E-state index contributed by atoms with van der Waals surface area (Å²) < 4.78 is 14.5. The Morgan fingerprint density at radius 3 is 2.93 bits per heavy atom. The van der Waals surface area contributed by atoms with Gasteiger partial charge in [-0.1, -0.05) is 0 Å². The van der Waals surface area contributed by atoms with Gasteiger partial charge in [0.05, 0.1) is 10.2 Å². The van der Waals surface area contributed by atoms with Crippen molar-refractivity contribution >= 4 is 21.6 Å². The number of rotatable bonds is 3. The van der Waals surface area contributed by atoms with Crippen molar-refractivity contribution in [3.05, 3.63) is 22.9 Å². The van der Waals surface area contributed by atoms with Gasteiger partial charge in [-0.3, -0.25) is 4.98 Å². The van der Waals surface area contributed by atoms with Gasteiger partial charge in [-0.05, 0) is 41.3 Å². The third-order valence-electron chi connectivity index (χ3n) is 2.62. The third kappa shape index (κ3) is 2.05. The highest BCUT2D eigenvalue weighted by molar-refractivity contribution is 9.10. The number of halogens is 2. The number of alkyl halides is 1. The van der Waals surface area contributed by atoms with Gasteiger partial charge in [-0.2, -0.15) is 0 Å². The lowest BCUT2D eigenvalue weighted by atomic mass is 9.82. The van der Waals surface area contributed by atoms with Crippen LogP contribution >= 0.6 is 15.9 Å². The summed E-state index contributed by atoms with van der Waals surface area (Å²) in [4.78, 5) is 3.94. The second kappa shape index (κ2) is 3.85. The minimum Gasteiger partial charge on any atom is -0.381 e. The predicted octanol–water partition coefficient (Wildman–Crippen LogP) is 3.15. The molecule has 1 fully saturated rings. The van der Waals surface area contributed by atoms with Gasteiger partial charge < -0.3 is 5.32 Å². The monoisotopic (exact) mass is 258 g/mol. The van der Waals surface area contributed by atoms with E-state index in [1.165, 1.54) is 0 Å². The fraction of sp³-hybridized carbons (Fsp3) is 0.500. The zero-order chi connectivity index (χ0) is 10.0. The second-order valence-corrected chi connectivity index (χ2v) is 4.57. The summed E-state index contributed by atoms with van der Waals surface area (Å²) in [5.74, 6) is 0. The lowest BCUT2D eigenvalue weighted by molar-refractivity contribution is 0.0784. The molecule has 0 aromatic carbocycles. The van der Waals surface area contributed by atoms with E-state index < -0.39 is 5.67 Å². The molecule has 4 heteroatoms. The maximum atomic E-state index is 13.6. The Bertz CT molecular complexity index is 326. The van der Waals surface area contributed by atoms with E-state index in [0.29, 0.717) is 19.4 Å². The molecule has 1 aliphatic carbocycles. The van der Waals surface area contributed by atoms with E-state index >= 15 is 0 Å². The van der Waals surface area contributed by atoms with Crippen LogP contribution in [0.25, 0.3) is 0 Å². The van der Waals surface area contributed by atoms with Crippen molar-refractivity contribution < 1.29 is 4.39 Å². The first kappa shape index (κ1) is 9.90. The smallest absolute Gasteiger partial charge is 0.128 e. The molecule has 0 atom stereocenters. The Balaban J connectivity index is 1.95. The summed E-state index contributed by atoms with van der Waals surface area (Å²) in [6.45, 7) is 0.398. The molecule has 1 aromatic rings. The van der Waals surface area contributed by atoms with Crippen LogP contribution in [0.4, 0.5) is 10.1 Å². The molecule has 1 aromatic heterocycles. The van der Waals surface area contributed by atoms with Gasteiger partial charge in [0.25, 0.3) is 0 Å². The van der Waals surface area contributed by atoms with Crippen LogP contribution in [0.15, 0.2) is 22.9 Å². The third-order valence-corrected chi connectivity index (χ3v) is 3.25. The summed E-state index contributed by atoms with van der Waals surface area (Å²) in [6, 6.07) is 1.84. The van der Waals surface area contributed by atoms with Crippen molar-refractivity contribution in [2.45, 2.75) is 24.9 Å². The van der Waals surface area contributed by atoms with E-state index in [2.05, 4.69) is 26.2 Å². The summed E-state index contributed by atoms with van der Waals surface area (Å²) in [5.41, 5.74) is -0.0770. The van der Waals surface area contributed by atoms with Gasteiger partial charge in [0.2, 0.25) is 0 Å². The molecule has 14 heavy (non-hydrogen) atoms. The van der Waals surface area contributed by atoms with Crippen LogP contribution in [-0.4, -0.2) is 17.2 Å². The van der Waals surface area contributed by atoms with Gasteiger partial charge in [-0.15, -0.1) is 0 Å². The summed E-state index contributed by atoms with van der Waals surface area (Å²) in [6.07, 6.45) is 5.77. The number of hydrogen-bond donors (Lipinski definition) is 1. The van der Waals surface area contributed by atoms with E-state index in [-0.39, 0.29) is 0 Å². The lowest BCUT2D eigenvalue weighted by Crippen LogP contribution is -2.39. The SMILES string of the molecule is FC1(CNc2ccncc2Br)CCC1. The van der Waals surface area contributed by atoms with Crippen molar-refractivity contribution in [3.63, 3.8) is 0 Å². The molecule has 0 radical (unpaired) electrons. The minimum atomic E-state index is -0.983. The first-order valence-electron chi connectivity index (χ1n) is 4.72. The number of aromatic nitrogens is 1. The van der Waals surface area contributed by atoms with Crippen molar-refractivity contribution in [2.24, 2.45) is 0 Å². The molecule has 0 spiro atoms. The molecule has 1 N–H and O–H groups in total. The minimum absolute atomic E-state index is 0.398. The summed E-state index contributed by atoms with van der Waals surface area (Å²) >= 11 is 3.36. The van der Waals surface area contributed by atoms with E-state index in [1.54, 1.807) is 12.4 Å². The lowest BCUT2D eigenvalue weighted by Gasteiger charge is -2.34. The van der Waals surface area contributed by atoms with Crippen LogP contribution in [0.2, 0.25) is 0 Å². The standard InChI is InChI=1S/C10H12BrFN2/c11-8-6-13-5-2-9(8)14-7-10(12)3-1-4-10/h2,5-6H,1,3-4,7H2,(H,13,14). The Morgan fingerprint density at radius 2 is 2.36 bits per heavy atom. The quantitative estimate of drug-likeness (QED) is 0.901. The Morgan fingerprint density at radius 1 is 1.57 bits per heavy atom. The molecule has 0 bridgehead atoms. The van der Waals surface area contributed by atoms with Crippen molar-refractivity contribution in [2.75, 3.05) is 11.9 Å². The normalized spacial score (nSPS) is 18.7. The largest absolute Gasteiger partial charge is 0.381 e. The average Bonchev–Trinajstić information content (AvgIpc) is 2.14. The summed E-state index contributed by atoms with van der Waals surface area (Å²) in [5, 5.41) is 3.09. The molecule has 1 saturated carbocycles. The van der Waals surface area contributed by atoms with E-state index in [0.717, 1.165) is 16.6 Å². The van der Waals surface area contributed by atoms with Crippen molar-refractivity contribution in [1.82, 2.24) is 4.98 Å². The van der Waals surface area contributed by atoms with Crippen LogP contribution in [0.1, 0.15) is 19.3 Å². The van der Waals surface area contributed by atoms with Gasteiger partial charge in [0.15, 0.2) is 0 Å². The number of nitrogens with one attached hydrogen (secondary N) is 1. The molecular weight excluding hydrogens is 247 g/mol. The Labute approximate surface area is 91.1 Å². The number of hydrogen-bond acceptors (Lipinski definition) is 2.